The van der Waals surface area contributed by atoms with Crippen LogP contribution in [0.2, 0.25) is 0 Å². The van der Waals surface area contributed by atoms with Crippen molar-refractivity contribution < 1.29 is 29.0 Å². The first-order valence-corrected chi connectivity index (χ1v) is 10.6. The Balaban J connectivity index is 1.58. The molecule has 1 unspecified atom stereocenters. The normalized spacial score (nSPS) is 23.9. The lowest BCUT2D eigenvalue weighted by molar-refractivity contribution is -0.153. The fourth-order valence-corrected chi connectivity index (χ4v) is 4.53. The number of aliphatic hydroxyl groups is 1. The van der Waals surface area contributed by atoms with Crippen LogP contribution in [0.3, 0.4) is 0 Å². The summed E-state index contributed by atoms with van der Waals surface area (Å²) in [6.07, 6.45) is 4.56. The highest BCUT2D eigenvalue weighted by Gasteiger charge is 2.54. The molecule has 2 heterocycles. The van der Waals surface area contributed by atoms with Crippen molar-refractivity contribution in [1.82, 2.24) is 0 Å². The van der Waals surface area contributed by atoms with Gasteiger partial charge < -0.3 is 14.6 Å². The van der Waals surface area contributed by atoms with Gasteiger partial charge in [0.2, 0.25) is 5.78 Å². The molecule has 0 bridgehead atoms. The molecule has 2 aromatic rings. The first kappa shape index (κ1) is 20.9. The minimum Gasteiger partial charge on any atom is -0.507 e. The molecule has 2 aliphatic heterocycles. The zero-order valence-corrected chi connectivity index (χ0v) is 18.5. The molecule has 0 saturated heterocycles. The van der Waals surface area contributed by atoms with Crippen LogP contribution in [-0.4, -0.2) is 33.8 Å². The molecule has 6 heteroatoms. The molecule has 1 N–H and O–H groups in total. The second-order valence-corrected chi connectivity index (χ2v) is 9.25. The quantitative estimate of drug-likeness (QED) is 0.322. The fraction of sp³-hybridized carbons (Fsp3) is 0.222. The van der Waals surface area contributed by atoms with Crippen LogP contribution < -0.4 is 0 Å². The smallest absolute Gasteiger partial charge is 0.343 e. The third-order valence-corrected chi connectivity index (χ3v) is 6.30. The summed E-state index contributed by atoms with van der Waals surface area (Å²) in [6.45, 7) is 5.27. The van der Waals surface area contributed by atoms with Gasteiger partial charge in [0, 0.05) is 23.6 Å². The number of carbonyl (C=O) groups is 3. The molecule has 0 spiro atoms. The van der Waals surface area contributed by atoms with E-state index in [-0.39, 0.29) is 11.1 Å². The van der Waals surface area contributed by atoms with E-state index in [0.29, 0.717) is 23.1 Å². The summed E-state index contributed by atoms with van der Waals surface area (Å²) >= 11 is 0. The summed E-state index contributed by atoms with van der Waals surface area (Å²) in [5.41, 5.74) is -0.594. The maximum absolute atomic E-state index is 13.2. The Morgan fingerprint density at radius 3 is 2.55 bits per heavy atom. The van der Waals surface area contributed by atoms with E-state index in [9.17, 15) is 19.5 Å². The van der Waals surface area contributed by atoms with Crippen molar-refractivity contribution in [2.45, 2.75) is 38.4 Å². The lowest BCUT2D eigenvalue weighted by Gasteiger charge is -2.37. The van der Waals surface area contributed by atoms with Gasteiger partial charge in [-0.1, -0.05) is 36.4 Å². The van der Waals surface area contributed by atoms with Crippen LogP contribution in [0.5, 0.6) is 0 Å². The highest BCUT2D eigenvalue weighted by molar-refractivity contribution is 6.16. The molecule has 166 valence electrons. The number of Topliss-reactive ketones (excluding diaryl/α,β-unsaturated/α-hetero) is 1. The number of benzene rings is 2. The molecular formula is C27H22O6. The van der Waals surface area contributed by atoms with Crippen LogP contribution in [0.4, 0.5) is 0 Å². The molecule has 0 amide bonds. The average molecular weight is 442 g/mol. The van der Waals surface area contributed by atoms with Gasteiger partial charge in [-0.25, -0.2) is 4.79 Å². The van der Waals surface area contributed by atoms with E-state index < -0.39 is 34.5 Å². The van der Waals surface area contributed by atoms with Crippen LogP contribution >= 0.6 is 0 Å². The van der Waals surface area contributed by atoms with E-state index in [4.69, 9.17) is 9.47 Å². The summed E-state index contributed by atoms with van der Waals surface area (Å²) in [6, 6.07) is 12.8. The Kier molecular flexibility index (Phi) is 4.47. The minimum absolute atomic E-state index is 0.171. The first-order valence-electron chi connectivity index (χ1n) is 10.6. The Hall–Kier alpha value is -3.93. The Labute approximate surface area is 190 Å². The molecule has 0 fully saturated rings. The van der Waals surface area contributed by atoms with Crippen molar-refractivity contribution in [3.05, 3.63) is 94.5 Å². The molecule has 3 aliphatic rings. The van der Waals surface area contributed by atoms with Gasteiger partial charge >= 0.3 is 5.97 Å². The van der Waals surface area contributed by atoms with Crippen molar-refractivity contribution in [3.8, 4) is 0 Å². The predicted octanol–water partition coefficient (Wildman–Crippen LogP) is 4.67. The van der Waals surface area contributed by atoms with E-state index in [0.717, 1.165) is 16.8 Å². The number of hydrogen-bond acceptors (Lipinski definition) is 6. The van der Waals surface area contributed by atoms with Gasteiger partial charge in [-0.3, -0.25) is 9.59 Å². The maximum atomic E-state index is 13.2. The summed E-state index contributed by atoms with van der Waals surface area (Å²) in [7, 11) is 0. The van der Waals surface area contributed by atoms with Crippen molar-refractivity contribution in [2.24, 2.45) is 0 Å². The Morgan fingerprint density at radius 2 is 1.79 bits per heavy atom. The van der Waals surface area contributed by atoms with Crippen LogP contribution in [0.1, 0.15) is 37.6 Å². The average Bonchev–Trinajstić information content (AvgIpc) is 3.03. The lowest BCUT2D eigenvalue weighted by Crippen LogP contribution is -2.43. The van der Waals surface area contributed by atoms with Gasteiger partial charge in [0.05, 0.1) is 11.8 Å². The number of aliphatic hydroxyl groups excluding tert-OH is 1. The van der Waals surface area contributed by atoms with Crippen LogP contribution in [0, 0.1) is 0 Å². The molecule has 0 aromatic heterocycles. The zero-order valence-electron chi connectivity index (χ0n) is 18.5. The van der Waals surface area contributed by atoms with Crippen molar-refractivity contribution in [2.75, 3.05) is 0 Å². The Morgan fingerprint density at radius 1 is 1.06 bits per heavy atom. The van der Waals surface area contributed by atoms with Gasteiger partial charge in [0.25, 0.3) is 0 Å². The van der Waals surface area contributed by atoms with Crippen molar-refractivity contribution in [1.29, 1.82) is 0 Å². The number of ether oxygens (including phenoxy) is 2. The van der Waals surface area contributed by atoms with E-state index in [1.54, 1.807) is 18.2 Å². The van der Waals surface area contributed by atoms with Gasteiger partial charge in [-0.2, -0.15) is 0 Å². The second-order valence-electron chi connectivity index (χ2n) is 9.25. The van der Waals surface area contributed by atoms with E-state index in [1.807, 2.05) is 44.2 Å². The summed E-state index contributed by atoms with van der Waals surface area (Å²) in [5, 5.41) is 12.7. The third kappa shape index (κ3) is 3.30. The Bertz CT molecular complexity index is 1380. The van der Waals surface area contributed by atoms with Crippen molar-refractivity contribution >= 4 is 28.3 Å². The third-order valence-electron chi connectivity index (χ3n) is 6.30. The number of ketones is 2. The van der Waals surface area contributed by atoms with Gasteiger partial charge in [0.1, 0.15) is 16.9 Å². The SMILES string of the molecule is CC1(C)CC2=CC3=C(/C(O)=C\C(=O)c4ccc5ccccc5c4)C(=O)OC3(C)C(=O)C2=CO1. The van der Waals surface area contributed by atoms with Crippen LogP contribution in [0.15, 0.2) is 88.9 Å². The van der Waals surface area contributed by atoms with E-state index in [1.165, 1.54) is 13.2 Å². The molecule has 6 nitrogen and oxygen atoms in total. The van der Waals surface area contributed by atoms with Crippen LogP contribution in [0.25, 0.3) is 10.8 Å². The van der Waals surface area contributed by atoms with Gasteiger partial charge in [0.15, 0.2) is 11.4 Å². The number of rotatable bonds is 3. The zero-order chi connectivity index (χ0) is 23.5. The number of esters is 1. The van der Waals surface area contributed by atoms with Gasteiger partial charge in [-0.15, -0.1) is 0 Å². The molecule has 5 rings (SSSR count). The molecule has 0 radical (unpaired) electrons. The van der Waals surface area contributed by atoms with Gasteiger partial charge in [-0.05, 0) is 49.3 Å². The van der Waals surface area contributed by atoms with Crippen LogP contribution in [-0.2, 0) is 19.1 Å². The second kappa shape index (κ2) is 7.04. The number of fused-ring (bicyclic) bond motifs is 3. The topological polar surface area (TPSA) is 89.9 Å². The molecule has 33 heavy (non-hydrogen) atoms. The molecule has 0 saturated carbocycles. The number of carbonyl (C=O) groups excluding carboxylic acids is 3. The monoisotopic (exact) mass is 442 g/mol. The first-order chi connectivity index (χ1) is 15.6. The van der Waals surface area contributed by atoms with Crippen molar-refractivity contribution in [3.63, 3.8) is 0 Å². The lowest BCUT2D eigenvalue weighted by atomic mass is 9.74. The highest BCUT2D eigenvalue weighted by atomic mass is 16.6. The molecule has 1 atom stereocenters. The predicted molar refractivity (Wildman–Crippen MR) is 121 cm³/mol. The fourth-order valence-electron chi connectivity index (χ4n) is 4.53. The van der Waals surface area contributed by atoms with E-state index >= 15 is 0 Å². The summed E-state index contributed by atoms with van der Waals surface area (Å²) < 4.78 is 11.1. The number of allylic oxidation sites excluding steroid dienone is 1. The molecule has 1 aliphatic carbocycles. The minimum atomic E-state index is -1.58. The maximum Gasteiger partial charge on any atom is 0.343 e. The molecule has 2 aromatic carbocycles. The standard InChI is InChI=1S/C27H22O6/c1-26(2)13-18-11-20-23(25(31)33-27(20,3)24(30)19(18)14-32-26)22(29)12-21(28)17-9-8-15-6-4-5-7-16(15)10-17/h4-12,14,29H,13H2,1-3H3/b22-12+. The molecular weight excluding hydrogens is 420 g/mol. The number of hydrogen-bond donors (Lipinski definition) is 1. The summed E-state index contributed by atoms with van der Waals surface area (Å²) in [5.74, 6) is -2.25. The van der Waals surface area contributed by atoms with E-state index in [2.05, 4.69) is 0 Å². The highest BCUT2D eigenvalue weighted by Crippen LogP contribution is 2.46. The summed E-state index contributed by atoms with van der Waals surface area (Å²) in [4.78, 5) is 38.8. The largest absolute Gasteiger partial charge is 0.507 e.